The molecule has 0 aliphatic heterocycles. The first-order chi connectivity index (χ1) is 6.63. The lowest BCUT2D eigenvalue weighted by molar-refractivity contribution is -0.113. The van der Waals surface area contributed by atoms with E-state index in [9.17, 15) is 4.79 Å². The van der Waals surface area contributed by atoms with Gasteiger partial charge < -0.3 is 5.32 Å². The van der Waals surface area contributed by atoms with E-state index in [1.165, 1.54) is 11.8 Å². The van der Waals surface area contributed by atoms with Crippen LogP contribution >= 0.6 is 43.6 Å². The molecule has 1 aromatic carbocycles. The van der Waals surface area contributed by atoms with E-state index < -0.39 is 0 Å². The zero-order chi connectivity index (χ0) is 10.6. The summed E-state index contributed by atoms with van der Waals surface area (Å²) in [4.78, 5) is 11.3. The molecule has 0 fully saturated rings. The van der Waals surface area contributed by atoms with E-state index in [1.54, 1.807) is 0 Å². The molecule has 0 atom stereocenters. The number of thioether (sulfide) groups is 1. The molecule has 0 unspecified atom stereocenters. The standard InChI is InChI=1S/C9H9Br2NOS/c1-14-5-9(13)12-8-3-2-6(10)4-7(8)11/h2-4H,5H2,1H3,(H,12,13). The summed E-state index contributed by atoms with van der Waals surface area (Å²) in [7, 11) is 0. The number of hydrogen-bond donors (Lipinski definition) is 1. The summed E-state index contributed by atoms with van der Waals surface area (Å²) < 4.78 is 1.86. The summed E-state index contributed by atoms with van der Waals surface area (Å²) >= 11 is 8.22. The highest BCUT2D eigenvalue weighted by Gasteiger charge is 2.04. The van der Waals surface area contributed by atoms with Crippen molar-refractivity contribution in [1.82, 2.24) is 0 Å². The second-order valence-corrected chi connectivity index (χ2v) is 5.24. The predicted octanol–water partition coefficient (Wildman–Crippen LogP) is 3.51. The first-order valence-electron chi connectivity index (χ1n) is 3.87. The molecule has 14 heavy (non-hydrogen) atoms. The molecule has 5 heteroatoms. The number of halogens is 2. The minimum atomic E-state index is 0.0144. The van der Waals surface area contributed by atoms with Gasteiger partial charge in [0.05, 0.1) is 11.4 Å². The number of rotatable bonds is 3. The van der Waals surface area contributed by atoms with E-state index in [0.717, 1.165) is 14.6 Å². The first kappa shape index (κ1) is 12.1. The maximum absolute atomic E-state index is 11.3. The van der Waals surface area contributed by atoms with Crippen molar-refractivity contribution >= 4 is 55.2 Å². The Morgan fingerprint density at radius 2 is 2.21 bits per heavy atom. The molecule has 0 saturated heterocycles. The zero-order valence-electron chi connectivity index (χ0n) is 7.51. The SMILES string of the molecule is CSCC(=O)Nc1ccc(Br)cc1Br. The average molecular weight is 339 g/mol. The largest absolute Gasteiger partial charge is 0.324 e. The van der Waals surface area contributed by atoms with Gasteiger partial charge in [0.1, 0.15) is 0 Å². The lowest BCUT2D eigenvalue weighted by Crippen LogP contribution is -2.13. The maximum Gasteiger partial charge on any atom is 0.234 e. The molecule has 0 aromatic heterocycles. The monoisotopic (exact) mass is 337 g/mol. The number of carbonyl (C=O) groups is 1. The molecule has 0 aliphatic carbocycles. The molecule has 76 valence electrons. The van der Waals surface area contributed by atoms with E-state index in [0.29, 0.717) is 5.75 Å². The molecule has 2 nitrogen and oxygen atoms in total. The van der Waals surface area contributed by atoms with Gasteiger partial charge >= 0.3 is 0 Å². The third kappa shape index (κ3) is 3.63. The lowest BCUT2D eigenvalue weighted by Gasteiger charge is -2.06. The summed E-state index contributed by atoms with van der Waals surface area (Å²) in [6.07, 6.45) is 1.90. The van der Waals surface area contributed by atoms with Crippen LogP contribution in [-0.2, 0) is 4.79 Å². The van der Waals surface area contributed by atoms with Gasteiger partial charge in [0.2, 0.25) is 5.91 Å². The van der Waals surface area contributed by atoms with Crippen LogP contribution in [0, 0.1) is 0 Å². The van der Waals surface area contributed by atoms with E-state index in [4.69, 9.17) is 0 Å². The number of carbonyl (C=O) groups excluding carboxylic acids is 1. The zero-order valence-corrected chi connectivity index (χ0v) is 11.5. The van der Waals surface area contributed by atoms with Gasteiger partial charge in [-0.1, -0.05) is 15.9 Å². The van der Waals surface area contributed by atoms with Crippen LogP contribution in [0.2, 0.25) is 0 Å². The summed E-state index contributed by atoms with van der Waals surface area (Å²) in [5.74, 6) is 0.489. The van der Waals surface area contributed by atoms with Crippen LogP contribution in [0.5, 0.6) is 0 Å². The summed E-state index contributed by atoms with van der Waals surface area (Å²) in [5.41, 5.74) is 0.798. The third-order valence-corrected chi connectivity index (χ3v) is 3.18. The number of anilines is 1. The Balaban J connectivity index is 2.72. The van der Waals surface area contributed by atoms with Gasteiger partial charge in [0.15, 0.2) is 0 Å². The molecular formula is C9H9Br2NOS. The molecule has 0 aliphatic rings. The van der Waals surface area contributed by atoms with Gasteiger partial charge in [0.25, 0.3) is 0 Å². The van der Waals surface area contributed by atoms with Crippen LogP contribution in [0.25, 0.3) is 0 Å². The second-order valence-electron chi connectivity index (χ2n) is 2.61. The van der Waals surface area contributed by atoms with Crippen LogP contribution in [-0.4, -0.2) is 17.9 Å². The van der Waals surface area contributed by atoms with E-state index in [-0.39, 0.29) is 5.91 Å². The van der Waals surface area contributed by atoms with Gasteiger partial charge in [-0.2, -0.15) is 11.8 Å². The molecule has 1 rings (SSSR count). The van der Waals surface area contributed by atoms with Crippen molar-refractivity contribution in [2.24, 2.45) is 0 Å². The Bertz CT molecular complexity index is 344. The fourth-order valence-electron chi connectivity index (χ4n) is 0.908. The molecule has 0 saturated carbocycles. The Kier molecular flexibility index (Phi) is 4.98. The second kappa shape index (κ2) is 5.78. The fourth-order valence-corrected chi connectivity index (χ4v) is 2.39. The van der Waals surface area contributed by atoms with Crippen LogP contribution in [0.3, 0.4) is 0 Å². The van der Waals surface area contributed by atoms with Crippen molar-refractivity contribution in [3.05, 3.63) is 27.1 Å². The van der Waals surface area contributed by atoms with Gasteiger partial charge in [-0.05, 0) is 40.4 Å². The quantitative estimate of drug-likeness (QED) is 0.913. The highest BCUT2D eigenvalue weighted by Crippen LogP contribution is 2.26. The Hall–Kier alpha value is -0.000000000000000111. The van der Waals surface area contributed by atoms with Crippen LogP contribution < -0.4 is 5.32 Å². The molecule has 0 radical (unpaired) electrons. The Morgan fingerprint density at radius 3 is 2.79 bits per heavy atom. The van der Waals surface area contributed by atoms with Crippen LogP contribution in [0.1, 0.15) is 0 Å². The van der Waals surface area contributed by atoms with Crippen molar-refractivity contribution in [2.75, 3.05) is 17.3 Å². The van der Waals surface area contributed by atoms with E-state index in [2.05, 4.69) is 37.2 Å². The van der Waals surface area contributed by atoms with Crippen molar-refractivity contribution < 1.29 is 4.79 Å². The van der Waals surface area contributed by atoms with Crippen LogP contribution in [0.4, 0.5) is 5.69 Å². The molecule has 1 amide bonds. The van der Waals surface area contributed by atoms with E-state index >= 15 is 0 Å². The smallest absolute Gasteiger partial charge is 0.234 e. The molecular weight excluding hydrogens is 330 g/mol. The number of hydrogen-bond acceptors (Lipinski definition) is 2. The summed E-state index contributed by atoms with van der Waals surface area (Å²) in [6, 6.07) is 5.64. The molecule has 1 aromatic rings. The number of amides is 1. The maximum atomic E-state index is 11.3. The van der Waals surface area contributed by atoms with Crippen molar-refractivity contribution in [3.63, 3.8) is 0 Å². The normalized spacial score (nSPS) is 9.93. The minimum absolute atomic E-state index is 0.0144. The Morgan fingerprint density at radius 1 is 1.50 bits per heavy atom. The van der Waals surface area contributed by atoms with E-state index in [1.807, 2.05) is 24.5 Å². The minimum Gasteiger partial charge on any atom is -0.324 e. The summed E-state index contributed by atoms with van der Waals surface area (Å²) in [5, 5.41) is 2.81. The third-order valence-electron chi connectivity index (χ3n) is 1.48. The summed E-state index contributed by atoms with van der Waals surface area (Å²) in [6.45, 7) is 0. The highest BCUT2D eigenvalue weighted by atomic mass is 79.9. The highest BCUT2D eigenvalue weighted by molar-refractivity contribution is 9.11. The average Bonchev–Trinajstić information content (AvgIpc) is 2.10. The molecule has 0 spiro atoms. The number of benzene rings is 1. The van der Waals surface area contributed by atoms with Gasteiger partial charge in [0, 0.05) is 8.95 Å². The predicted molar refractivity (Wildman–Crippen MR) is 68.9 cm³/mol. The van der Waals surface area contributed by atoms with Gasteiger partial charge in [-0.3, -0.25) is 4.79 Å². The lowest BCUT2D eigenvalue weighted by atomic mass is 10.3. The Labute approximate surface area is 104 Å². The van der Waals surface area contributed by atoms with Gasteiger partial charge in [-0.15, -0.1) is 0 Å². The molecule has 1 N–H and O–H groups in total. The van der Waals surface area contributed by atoms with Gasteiger partial charge in [-0.25, -0.2) is 0 Å². The molecule has 0 heterocycles. The van der Waals surface area contributed by atoms with Crippen molar-refractivity contribution in [3.8, 4) is 0 Å². The molecule has 0 bridgehead atoms. The number of nitrogens with one attached hydrogen (secondary N) is 1. The van der Waals surface area contributed by atoms with Crippen LogP contribution in [0.15, 0.2) is 27.1 Å². The topological polar surface area (TPSA) is 29.1 Å². The van der Waals surface area contributed by atoms with Crippen molar-refractivity contribution in [1.29, 1.82) is 0 Å². The van der Waals surface area contributed by atoms with Crippen molar-refractivity contribution in [2.45, 2.75) is 0 Å². The fraction of sp³-hybridized carbons (Fsp3) is 0.222. The first-order valence-corrected chi connectivity index (χ1v) is 6.85.